The van der Waals surface area contributed by atoms with Crippen molar-refractivity contribution in [1.29, 1.82) is 0 Å². The summed E-state index contributed by atoms with van der Waals surface area (Å²) in [5.74, 6) is -0.0537. The molecule has 12 heteroatoms. The number of ether oxygens (including phenoxy) is 2. The van der Waals surface area contributed by atoms with Crippen molar-refractivity contribution in [2.24, 2.45) is 0 Å². The predicted octanol–water partition coefficient (Wildman–Crippen LogP) is 6.28. The molecule has 1 aliphatic rings. The number of imidazole rings is 1. The van der Waals surface area contributed by atoms with Crippen molar-refractivity contribution in [3.05, 3.63) is 99.8 Å². The number of hydrogen-bond donors (Lipinski definition) is 2. The number of methoxy groups -OCH3 is 1. The van der Waals surface area contributed by atoms with Gasteiger partial charge < -0.3 is 24.7 Å². The number of carbonyl (C=O) groups excluding carboxylic acids is 2. The number of H-pyrrole nitrogens is 1. The molecule has 42 heavy (non-hydrogen) atoms. The Morgan fingerprint density at radius 2 is 1.95 bits per heavy atom. The van der Waals surface area contributed by atoms with Crippen LogP contribution in [-0.4, -0.2) is 52.0 Å². The van der Waals surface area contributed by atoms with Gasteiger partial charge in [-0.15, -0.1) is 0 Å². The van der Waals surface area contributed by atoms with Gasteiger partial charge in [0.15, 0.2) is 5.16 Å². The Kier molecular flexibility index (Phi) is 9.58. The summed E-state index contributed by atoms with van der Waals surface area (Å²) in [5.41, 5.74) is 2.58. The molecule has 0 saturated carbocycles. The Balaban J connectivity index is 1.35. The van der Waals surface area contributed by atoms with Crippen LogP contribution in [-0.2, 0) is 15.5 Å². The molecule has 0 fully saturated rings. The molecule has 0 spiro atoms. The van der Waals surface area contributed by atoms with Gasteiger partial charge in [0.1, 0.15) is 5.75 Å². The second-order valence-corrected chi connectivity index (χ2v) is 11.8. The summed E-state index contributed by atoms with van der Waals surface area (Å²) in [4.78, 5) is 35.3. The van der Waals surface area contributed by atoms with Gasteiger partial charge in [0.25, 0.3) is 11.8 Å². The van der Waals surface area contributed by atoms with Crippen LogP contribution in [0.25, 0.3) is 0 Å². The fourth-order valence-electron chi connectivity index (χ4n) is 4.80. The molecule has 2 heterocycles. The SMILES string of the molecule is COc1cc(NC(=O)c2ccccc2Cl)ccc1C(=O)N1CCCC(OCCS(=O)c2ncc[nH]2)c2cc(Cl)ccc21. The van der Waals surface area contributed by atoms with E-state index in [2.05, 4.69) is 15.3 Å². The minimum atomic E-state index is -1.31. The van der Waals surface area contributed by atoms with Crippen LogP contribution >= 0.6 is 23.2 Å². The van der Waals surface area contributed by atoms with Crippen molar-refractivity contribution in [2.45, 2.75) is 24.1 Å². The molecule has 0 radical (unpaired) electrons. The van der Waals surface area contributed by atoms with E-state index in [1.165, 1.54) is 7.11 Å². The van der Waals surface area contributed by atoms with E-state index < -0.39 is 10.8 Å². The average molecular weight is 628 g/mol. The summed E-state index contributed by atoms with van der Waals surface area (Å²) in [7, 11) is 0.157. The lowest BCUT2D eigenvalue weighted by Gasteiger charge is -2.25. The zero-order valence-electron chi connectivity index (χ0n) is 22.6. The van der Waals surface area contributed by atoms with E-state index in [0.717, 1.165) is 5.56 Å². The van der Waals surface area contributed by atoms with Crippen LogP contribution in [0.5, 0.6) is 5.75 Å². The lowest BCUT2D eigenvalue weighted by Crippen LogP contribution is -2.32. The van der Waals surface area contributed by atoms with E-state index >= 15 is 0 Å². The van der Waals surface area contributed by atoms with Crippen LogP contribution in [0.1, 0.15) is 45.2 Å². The highest BCUT2D eigenvalue weighted by Gasteiger charge is 2.29. The lowest BCUT2D eigenvalue weighted by molar-refractivity contribution is 0.0585. The first-order valence-corrected chi connectivity index (χ1v) is 15.3. The van der Waals surface area contributed by atoms with Gasteiger partial charge in [-0.1, -0.05) is 35.3 Å². The van der Waals surface area contributed by atoms with Gasteiger partial charge in [-0.25, -0.2) is 4.98 Å². The summed E-state index contributed by atoms with van der Waals surface area (Å²) in [6.45, 7) is 0.687. The molecule has 3 aromatic carbocycles. The topological polar surface area (TPSA) is 114 Å². The van der Waals surface area contributed by atoms with Gasteiger partial charge in [-0.2, -0.15) is 0 Å². The smallest absolute Gasteiger partial charge is 0.262 e. The largest absolute Gasteiger partial charge is 0.496 e. The number of rotatable bonds is 9. The molecule has 2 atom stereocenters. The number of anilines is 2. The van der Waals surface area contributed by atoms with E-state index in [1.54, 1.807) is 71.9 Å². The summed E-state index contributed by atoms with van der Waals surface area (Å²) in [6.07, 6.45) is 4.16. The lowest BCUT2D eigenvalue weighted by atomic mass is 10.0. The first-order chi connectivity index (χ1) is 20.4. The van der Waals surface area contributed by atoms with Crippen molar-refractivity contribution in [1.82, 2.24) is 9.97 Å². The quantitative estimate of drug-likeness (QED) is 0.226. The molecule has 0 saturated heterocycles. The van der Waals surface area contributed by atoms with Gasteiger partial charge in [0, 0.05) is 47.0 Å². The number of benzene rings is 3. The molecule has 2 unspecified atom stereocenters. The Labute approximate surface area is 255 Å². The highest BCUT2D eigenvalue weighted by Crippen LogP contribution is 2.38. The normalized spacial score (nSPS) is 15.4. The number of nitrogens with zero attached hydrogens (tertiary/aromatic N) is 2. The number of hydrogen-bond acceptors (Lipinski definition) is 6. The summed E-state index contributed by atoms with van der Waals surface area (Å²) in [5, 5.41) is 4.07. The van der Waals surface area contributed by atoms with Crippen LogP contribution in [0.3, 0.4) is 0 Å². The molecule has 0 aliphatic carbocycles. The molecule has 5 rings (SSSR count). The maximum Gasteiger partial charge on any atom is 0.262 e. The summed E-state index contributed by atoms with van der Waals surface area (Å²) in [6, 6.07) is 17.0. The van der Waals surface area contributed by atoms with E-state index in [9.17, 15) is 13.8 Å². The zero-order valence-corrected chi connectivity index (χ0v) is 25.0. The Hall–Kier alpha value is -3.70. The summed E-state index contributed by atoms with van der Waals surface area (Å²) < 4.78 is 24.2. The molecule has 1 aliphatic heterocycles. The van der Waals surface area contributed by atoms with Gasteiger partial charge in [-0.05, 0) is 55.3 Å². The first-order valence-electron chi connectivity index (χ1n) is 13.2. The molecule has 9 nitrogen and oxygen atoms in total. The number of carbonyl (C=O) groups is 2. The van der Waals surface area contributed by atoms with E-state index in [4.69, 9.17) is 32.7 Å². The van der Waals surface area contributed by atoms with Crippen molar-refractivity contribution < 1.29 is 23.3 Å². The third-order valence-corrected chi connectivity index (χ3v) is 8.56. The number of aromatic nitrogens is 2. The molecule has 1 aromatic heterocycles. The van der Waals surface area contributed by atoms with E-state index in [-0.39, 0.29) is 30.3 Å². The Bertz CT molecular complexity index is 1620. The Morgan fingerprint density at radius 3 is 2.71 bits per heavy atom. The number of nitrogens with one attached hydrogen (secondary N) is 2. The van der Waals surface area contributed by atoms with Crippen molar-refractivity contribution in [3.63, 3.8) is 0 Å². The third kappa shape index (κ3) is 6.68. The highest BCUT2D eigenvalue weighted by atomic mass is 35.5. The molecule has 218 valence electrons. The number of halogens is 2. The number of aromatic amines is 1. The van der Waals surface area contributed by atoms with Crippen LogP contribution in [0.15, 0.2) is 78.2 Å². The highest BCUT2D eigenvalue weighted by molar-refractivity contribution is 7.84. The van der Waals surface area contributed by atoms with E-state index in [0.29, 0.717) is 62.8 Å². The standard InChI is InChI=1S/C30H28Cl2N4O5S/c1-40-27-18-20(35-28(37)21-5-2-3-6-24(21)32)9-10-22(27)29(38)36-14-4-7-26(23-17-19(31)8-11-25(23)36)41-15-16-42(39)30-33-12-13-34-30/h2-3,5-6,8-13,17-18,26H,4,7,14-16H2,1H3,(H,33,34)(H,35,37). The second-order valence-electron chi connectivity index (χ2n) is 9.45. The summed E-state index contributed by atoms with van der Waals surface area (Å²) >= 11 is 12.5. The molecule has 2 amide bonds. The van der Waals surface area contributed by atoms with Gasteiger partial charge >= 0.3 is 0 Å². The van der Waals surface area contributed by atoms with Crippen LogP contribution in [0, 0.1) is 0 Å². The van der Waals surface area contributed by atoms with Gasteiger partial charge in [0.2, 0.25) is 0 Å². The third-order valence-electron chi connectivity index (χ3n) is 6.81. The molecular formula is C30H28Cl2N4O5S. The minimum absolute atomic E-state index is 0.243. The van der Waals surface area contributed by atoms with Crippen LogP contribution in [0.4, 0.5) is 11.4 Å². The van der Waals surface area contributed by atoms with Gasteiger partial charge in [0.05, 0.1) is 52.5 Å². The predicted molar refractivity (Wildman–Crippen MR) is 163 cm³/mol. The second kappa shape index (κ2) is 13.5. The maximum absolute atomic E-state index is 13.9. The van der Waals surface area contributed by atoms with Crippen LogP contribution < -0.4 is 15.0 Å². The van der Waals surface area contributed by atoms with Crippen LogP contribution in [0.2, 0.25) is 10.0 Å². The zero-order chi connectivity index (χ0) is 29.6. The maximum atomic E-state index is 13.9. The molecule has 0 bridgehead atoms. The average Bonchev–Trinajstić information content (AvgIpc) is 3.48. The Morgan fingerprint density at radius 1 is 1.12 bits per heavy atom. The molecule has 2 N–H and O–H groups in total. The fraction of sp³-hybridized carbons (Fsp3) is 0.233. The molecule has 4 aromatic rings. The number of amides is 2. The monoisotopic (exact) mass is 626 g/mol. The molecular weight excluding hydrogens is 599 g/mol. The van der Waals surface area contributed by atoms with Crippen molar-refractivity contribution in [3.8, 4) is 5.75 Å². The van der Waals surface area contributed by atoms with Crippen molar-refractivity contribution >= 4 is 57.2 Å². The van der Waals surface area contributed by atoms with E-state index in [1.807, 2.05) is 6.07 Å². The fourth-order valence-corrected chi connectivity index (χ4v) is 6.02. The first kappa shape index (κ1) is 29.8. The van der Waals surface area contributed by atoms with Crippen molar-refractivity contribution in [2.75, 3.05) is 36.2 Å². The van der Waals surface area contributed by atoms with Gasteiger partial charge in [-0.3, -0.25) is 13.8 Å². The minimum Gasteiger partial charge on any atom is -0.496 e. The number of fused-ring (bicyclic) bond motifs is 1.